The lowest BCUT2D eigenvalue weighted by atomic mass is 9.73. The minimum Gasteiger partial charge on any atom is -0.423 e. The molecule has 2 fully saturated rings. The van der Waals surface area contributed by atoms with E-state index in [4.69, 9.17) is 16.0 Å². The van der Waals surface area contributed by atoms with Crippen LogP contribution in [0.2, 0.25) is 5.02 Å². The highest BCUT2D eigenvalue weighted by atomic mass is 35.5. The van der Waals surface area contributed by atoms with Gasteiger partial charge in [-0.3, -0.25) is 4.90 Å². The number of hydrogen-bond donors (Lipinski definition) is 2. The topological polar surface area (TPSA) is 64.8 Å². The van der Waals surface area contributed by atoms with E-state index in [1.807, 2.05) is 0 Å². The number of rotatable bonds is 5. The van der Waals surface area contributed by atoms with Crippen LogP contribution in [0.1, 0.15) is 31.2 Å². The molecule has 36 heavy (non-hydrogen) atoms. The van der Waals surface area contributed by atoms with Gasteiger partial charge in [-0.15, -0.1) is 0 Å². The molecule has 0 radical (unpaired) electrons. The number of likely N-dealkylation sites (tertiary alicyclic amines) is 1. The smallest absolute Gasteiger partial charge is 0.297 e. The van der Waals surface area contributed by atoms with Gasteiger partial charge in [0.25, 0.3) is 6.01 Å². The SMILES string of the molecule is OCC(C1CCN(c2ncc(-c3ccc(F)c(Cl)c3)o2)CC1)N1CCC2(CC1)CNc1ccccc12. The van der Waals surface area contributed by atoms with Crippen LogP contribution in [0.5, 0.6) is 0 Å². The van der Waals surface area contributed by atoms with Gasteiger partial charge in [-0.1, -0.05) is 29.8 Å². The molecule has 8 heteroatoms. The third kappa shape index (κ3) is 4.27. The van der Waals surface area contributed by atoms with E-state index < -0.39 is 5.82 Å². The summed E-state index contributed by atoms with van der Waals surface area (Å²) < 4.78 is 19.5. The third-order valence-electron chi connectivity index (χ3n) is 8.58. The molecule has 1 unspecified atom stereocenters. The molecule has 0 saturated carbocycles. The van der Waals surface area contributed by atoms with Crippen molar-refractivity contribution in [3.05, 3.63) is 65.1 Å². The van der Waals surface area contributed by atoms with Gasteiger partial charge in [-0.2, -0.15) is 0 Å². The number of aliphatic hydroxyl groups excluding tert-OH is 1. The Hall–Kier alpha value is -2.61. The molecule has 2 saturated heterocycles. The molecule has 2 N–H and O–H groups in total. The predicted molar refractivity (Wildman–Crippen MR) is 140 cm³/mol. The predicted octanol–water partition coefficient (Wildman–Crippen LogP) is 5.17. The Kier molecular flexibility index (Phi) is 6.40. The number of aromatic nitrogens is 1. The van der Waals surface area contributed by atoms with Gasteiger partial charge in [0.05, 0.1) is 17.8 Å². The molecule has 6 rings (SSSR count). The normalized spacial score (nSPS) is 20.9. The van der Waals surface area contributed by atoms with Crippen LogP contribution in [-0.2, 0) is 5.41 Å². The van der Waals surface area contributed by atoms with Crippen molar-refractivity contribution in [1.82, 2.24) is 9.88 Å². The number of hydrogen-bond acceptors (Lipinski definition) is 6. The van der Waals surface area contributed by atoms with E-state index in [2.05, 4.69) is 44.4 Å². The fourth-order valence-corrected chi connectivity index (χ4v) is 6.60. The average Bonchev–Trinajstić information content (AvgIpc) is 3.54. The van der Waals surface area contributed by atoms with Crippen LogP contribution in [0, 0.1) is 11.7 Å². The lowest BCUT2D eigenvalue weighted by molar-refractivity contribution is 0.0393. The van der Waals surface area contributed by atoms with Crippen molar-refractivity contribution in [2.45, 2.75) is 37.1 Å². The van der Waals surface area contributed by atoms with Crippen molar-refractivity contribution in [3.8, 4) is 11.3 Å². The molecule has 3 aliphatic rings. The molecule has 1 spiro atoms. The molecule has 3 aliphatic heterocycles. The number of benzene rings is 2. The van der Waals surface area contributed by atoms with Gasteiger partial charge >= 0.3 is 0 Å². The number of piperidine rings is 2. The van der Waals surface area contributed by atoms with E-state index >= 15 is 0 Å². The molecule has 190 valence electrons. The third-order valence-corrected chi connectivity index (χ3v) is 8.87. The summed E-state index contributed by atoms with van der Waals surface area (Å²) in [7, 11) is 0. The Morgan fingerprint density at radius 2 is 1.92 bits per heavy atom. The molecule has 1 atom stereocenters. The molecule has 2 aromatic carbocycles. The second-order valence-electron chi connectivity index (χ2n) is 10.4. The number of para-hydroxylation sites is 1. The second kappa shape index (κ2) is 9.69. The maximum absolute atomic E-state index is 13.5. The highest BCUT2D eigenvalue weighted by Crippen LogP contribution is 2.44. The highest BCUT2D eigenvalue weighted by molar-refractivity contribution is 6.31. The molecule has 1 aromatic heterocycles. The quantitative estimate of drug-likeness (QED) is 0.493. The van der Waals surface area contributed by atoms with Gasteiger partial charge < -0.3 is 19.7 Å². The van der Waals surface area contributed by atoms with E-state index in [-0.39, 0.29) is 23.1 Å². The summed E-state index contributed by atoms with van der Waals surface area (Å²) in [4.78, 5) is 9.14. The van der Waals surface area contributed by atoms with Gasteiger partial charge in [0.15, 0.2) is 5.76 Å². The molecular formula is C28H32ClFN4O2. The Morgan fingerprint density at radius 3 is 2.67 bits per heavy atom. The van der Waals surface area contributed by atoms with Crippen molar-refractivity contribution in [3.63, 3.8) is 0 Å². The average molecular weight is 511 g/mol. The van der Waals surface area contributed by atoms with E-state index in [1.54, 1.807) is 18.3 Å². The van der Waals surface area contributed by atoms with Crippen LogP contribution in [-0.4, -0.2) is 60.4 Å². The van der Waals surface area contributed by atoms with Crippen LogP contribution >= 0.6 is 11.6 Å². The first-order chi connectivity index (χ1) is 17.6. The van der Waals surface area contributed by atoms with Crippen molar-refractivity contribution in [2.75, 3.05) is 49.5 Å². The number of nitrogens with one attached hydrogen (secondary N) is 1. The number of fused-ring (bicyclic) bond motifs is 2. The summed E-state index contributed by atoms with van der Waals surface area (Å²) in [6.07, 6.45) is 5.88. The van der Waals surface area contributed by atoms with Gasteiger partial charge in [0.2, 0.25) is 0 Å². The summed E-state index contributed by atoms with van der Waals surface area (Å²) in [6.45, 7) is 4.92. The summed E-state index contributed by atoms with van der Waals surface area (Å²) >= 11 is 5.93. The van der Waals surface area contributed by atoms with E-state index in [1.165, 1.54) is 17.3 Å². The number of nitrogens with zero attached hydrogens (tertiary/aromatic N) is 3. The summed E-state index contributed by atoms with van der Waals surface area (Å²) in [5.41, 5.74) is 3.69. The van der Waals surface area contributed by atoms with Crippen LogP contribution in [0.15, 0.2) is 53.1 Å². The molecule has 3 aromatic rings. The molecule has 0 aliphatic carbocycles. The zero-order valence-corrected chi connectivity index (χ0v) is 21.1. The summed E-state index contributed by atoms with van der Waals surface area (Å²) in [5, 5.41) is 14.0. The Balaban J connectivity index is 1.06. The standard InChI is InChI=1S/C28H32ClFN4O2/c29-22-15-20(5-6-23(22)30)26-16-31-27(36-26)34-11-7-19(8-12-34)25(17-35)33-13-9-28(10-14-33)18-32-24-4-2-1-3-21(24)28/h1-6,15-16,19,25,32,35H,7-14,17-18H2. The van der Waals surface area contributed by atoms with E-state index in [9.17, 15) is 9.50 Å². The summed E-state index contributed by atoms with van der Waals surface area (Å²) in [5.74, 6) is 0.571. The maximum atomic E-state index is 13.5. The molecule has 4 heterocycles. The fourth-order valence-electron chi connectivity index (χ4n) is 6.42. The van der Waals surface area contributed by atoms with E-state index in [0.29, 0.717) is 23.3 Å². The van der Waals surface area contributed by atoms with Crippen LogP contribution in [0.4, 0.5) is 16.1 Å². The number of halogens is 2. The number of oxazole rings is 1. The van der Waals surface area contributed by atoms with Crippen LogP contribution in [0.3, 0.4) is 0 Å². The second-order valence-corrected chi connectivity index (χ2v) is 10.8. The molecular weight excluding hydrogens is 479 g/mol. The molecule has 6 nitrogen and oxygen atoms in total. The van der Waals surface area contributed by atoms with Gasteiger partial charge in [0, 0.05) is 42.3 Å². The number of anilines is 2. The lowest BCUT2D eigenvalue weighted by Gasteiger charge is -2.46. The maximum Gasteiger partial charge on any atom is 0.297 e. The Morgan fingerprint density at radius 1 is 1.14 bits per heavy atom. The Labute approximate surface area is 216 Å². The first-order valence-corrected chi connectivity index (χ1v) is 13.3. The van der Waals surface area contributed by atoms with Crippen LogP contribution in [0.25, 0.3) is 11.3 Å². The summed E-state index contributed by atoms with van der Waals surface area (Å²) in [6, 6.07) is 14.0. The zero-order valence-electron chi connectivity index (χ0n) is 20.3. The minimum absolute atomic E-state index is 0.0679. The minimum atomic E-state index is -0.450. The Bertz CT molecular complexity index is 1220. The van der Waals surface area contributed by atoms with Crippen LogP contribution < -0.4 is 10.2 Å². The van der Waals surface area contributed by atoms with Gasteiger partial charge in [0.1, 0.15) is 5.82 Å². The monoisotopic (exact) mass is 510 g/mol. The number of aliphatic hydroxyl groups is 1. The van der Waals surface area contributed by atoms with Crippen molar-refractivity contribution >= 4 is 23.3 Å². The lowest BCUT2D eigenvalue weighted by Crippen LogP contribution is -2.53. The van der Waals surface area contributed by atoms with Crippen molar-refractivity contribution in [1.29, 1.82) is 0 Å². The van der Waals surface area contributed by atoms with E-state index in [0.717, 1.165) is 58.4 Å². The highest BCUT2D eigenvalue weighted by Gasteiger charge is 2.43. The van der Waals surface area contributed by atoms with Crippen molar-refractivity contribution < 1.29 is 13.9 Å². The van der Waals surface area contributed by atoms with Gasteiger partial charge in [-0.05, 0) is 74.5 Å². The molecule has 0 bridgehead atoms. The fraction of sp³-hybridized carbons (Fsp3) is 0.464. The first-order valence-electron chi connectivity index (χ1n) is 12.9. The zero-order chi connectivity index (χ0) is 24.7. The molecule has 0 amide bonds. The van der Waals surface area contributed by atoms with Crippen molar-refractivity contribution in [2.24, 2.45) is 5.92 Å². The van der Waals surface area contributed by atoms with Gasteiger partial charge in [-0.25, -0.2) is 9.37 Å². The largest absolute Gasteiger partial charge is 0.423 e. The first kappa shape index (κ1) is 23.8.